The van der Waals surface area contributed by atoms with E-state index in [1.807, 2.05) is 14.1 Å². The molecule has 0 radical (unpaired) electrons. The molecule has 3 N–H and O–H groups in total. The molecule has 1 aromatic carbocycles. The van der Waals surface area contributed by atoms with Crippen LogP contribution in [0.5, 0.6) is 5.88 Å². The van der Waals surface area contributed by atoms with Crippen molar-refractivity contribution in [2.75, 3.05) is 27.2 Å². The Morgan fingerprint density at radius 1 is 1.29 bits per heavy atom. The van der Waals surface area contributed by atoms with Crippen molar-refractivity contribution < 1.29 is 10.0 Å². The van der Waals surface area contributed by atoms with E-state index in [4.69, 9.17) is 11.6 Å². The van der Waals surface area contributed by atoms with Crippen LogP contribution < -0.4 is 16.1 Å². The number of aromatic hydroxyl groups is 1. The smallest absolute Gasteiger partial charge is 0.335 e. The molecule has 8 heteroatoms. The standard InChI is InChI=1S/C16H19ClN4O3/c1-20(2)9-3-8-18-10-13-14(22)19-16(24)21(15(13)23)12-6-4-11(17)5-7-12/h4-7,10,23H,3,8-9H2,1-2H3,(H,19,22,24)/p+1. The number of aliphatic imine (C=N–C) groups is 1. The van der Waals surface area contributed by atoms with Crippen LogP contribution in [0, 0.1) is 0 Å². The van der Waals surface area contributed by atoms with Crippen LogP contribution in [0.2, 0.25) is 5.02 Å². The SMILES string of the molecule is C[NH+](C)CCCN=Cc1c(O)n(-c2ccc(Cl)cc2)c(=O)[nH]c1=O. The van der Waals surface area contributed by atoms with Gasteiger partial charge in [-0.05, 0) is 24.3 Å². The summed E-state index contributed by atoms with van der Waals surface area (Å²) in [6.45, 7) is 1.48. The van der Waals surface area contributed by atoms with Crippen molar-refractivity contribution in [3.05, 3.63) is 55.7 Å². The van der Waals surface area contributed by atoms with Crippen LogP contribution >= 0.6 is 11.6 Å². The number of quaternary nitrogens is 1. The highest BCUT2D eigenvalue weighted by molar-refractivity contribution is 6.30. The lowest BCUT2D eigenvalue weighted by Crippen LogP contribution is -3.05. The fourth-order valence-corrected chi connectivity index (χ4v) is 2.29. The van der Waals surface area contributed by atoms with Gasteiger partial charge in [0, 0.05) is 24.2 Å². The van der Waals surface area contributed by atoms with Gasteiger partial charge >= 0.3 is 5.69 Å². The maximum absolute atomic E-state index is 12.0. The Balaban J connectivity index is 2.34. The number of benzene rings is 1. The monoisotopic (exact) mass is 351 g/mol. The molecule has 0 saturated heterocycles. The molecule has 1 heterocycles. The minimum atomic E-state index is -0.729. The molecule has 0 amide bonds. The zero-order chi connectivity index (χ0) is 17.7. The Morgan fingerprint density at radius 2 is 1.96 bits per heavy atom. The van der Waals surface area contributed by atoms with Crippen molar-refractivity contribution in [2.24, 2.45) is 4.99 Å². The number of aromatic amines is 1. The molecular weight excluding hydrogens is 332 g/mol. The van der Waals surface area contributed by atoms with Crippen LogP contribution in [0.1, 0.15) is 12.0 Å². The van der Waals surface area contributed by atoms with Gasteiger partial charge in [0.1, 0.15) is 5.56 Å². The first-order valence-electron chi connectivity index (χ1n) is 7.53. The summed E-state index contributed by atoms with van der Waals surface area (Å²) in [5, 5.41) is 10.8. The summed E-state index contributed by atoms with van der Waals surface area (Å²) in [6, 6.07) is 6.32. The first kappa shape index (κ1) is 18.0. The Kier molecular flexibility index (Phi) is 5.94. The minimum absolute atomic E-state index is 0.0539. The van der Waals surface area contributed by atoms with Gasteiger partial charge in [-0.25, -0.2) is 9.36 Å². The van der Waals surface area contributed by atoms with E-state index >= 15 is 0 Å². The summed E-state index contributed by atoms with van der Waals surface area (Å²) >= 11 is 5.83. The molecule has 7 nitrogen and oxygen atoms in total. The molecule has 128 valence electrons. The Labute approximate surface area is 143 Å². The molecular formula is C16H20ClN4O3+. The average molecular weight is 352 g/mol. The summed E-state index contributed by atoms with van der Waals surface area (Å²) < 4.78 is 1.00. The van der Waals surface area contributed by atoms with Gasteiger partial charge in [0.25, 0.3) is 5.56 Å². The number of rotatable bonds is 6. The maximum atomic E-state index is 12.0. The fourth-order valence-electron chi connectivity index (χ4n) is 2.16. The molecule has 24 heavy (non-hydrogen) atoms. The Hall–Kier alpha value is -2.38. The number of aromatic nitrogens is 2. The number of hydrogen-bond donors (Lipinski definition) is 3. The van der Waals surface area contributed by atoms with E-state index in [1.54, 1.807) is 24.3 Å². The van der Waals surface area contributed by atoms with E-state index in [-0.39, 0.29) is 5.56 Å². The Bertz CT molecular complexity index is 838. The van der Waals surface area contributed by atoms with Gasteiger partial charge in [0.15, 0.2) is 0 Å². The third kappa shape index (κ3) is 4.33. The summed E-state index contributed by atoms with van der Waals surface area (Å²) in [5.41, 5.74) is -1.07. The quantitative estimate of drug-likeness (QED) is 0.499. The number of hydrogen-bond acceptors (Lipinski definition) is 4. The Morgan fingerprint density at radius 3 is 2.58 bits per heavy atom. The van der Waals surface area contributed by atoms with Gasteiger partial charge in [-0.15, -0.1) is 0 Å². The molecule has 0 spiro atoms. The summed E-state index contributed by atoms with van der Waals surface area (Å²) in [6.07, 6.45) is 2.15. The number of nitrogens with zero attached hydrogens (tertiary/aromatic N) is 2. The topological polar surface area (TPSA) is 91.9 Å². The van der Waals surface area contributed by atoms with Crippen LogP contribution in [0.4, 0.5) is 0 Å². The van der Waals surface area contributed by atoms with Gasteiger partial charge in [-0.2, -0.15) is 0 Å². The van der Waals surface area contributed by atoms with Gasteiger partial charge in [0.2, 0.25) is 5.88 Å². The molecule has 0 saturated carbocycles. The maximum Gasteiger partial charge on any atom is 0.335 e. The lowest BCUT2D eigenvalue weighted by Gasteiger charge is -2.09. The first-order chi connectivity index (χ1) is 11.4. The summed E-state index contributed by atoms with van der Waals surface area (Å²) in [4.78, 5) is 31.6. The van der Waals surface area contributed by atoms with Gasteiger partial charge in [-0.1, -0.05) is 11.6 Å². The van der Waals surface area contributed by atoms with Crippen LogP contribution in [-0.2, 0) is 0 Å². The van der Waals surface area contributed by atoms with Gasteiger partial charge < -0.3 is 10.0 Å². The van der Waals surface area contributed by atoms with Gasteiger partial charge in [0.05, 0.1) is 26.3 Å². The molecule has 0 aliphatic heterocycles. The van der Waals surface area contributed by atoms with Crippen LogP contribution in [0.3, 0.4) is 0 Å². The normalized spacial score (nSPS) is 11.5. The third-order valence-electron chi connectivity index (χ3n) is 3.39. The lowest BCUT2D eigenvalue weighted by molar-refractivity contribution is -0.858. The molecule has 0 aliphatic carbocycles. The molecule has 0 atom stereocenters. The van der Waals surface area contributed by atoms with Crippen LogP contribution in [0.25, 0.3) is 5.69 Å². The first-order valence-corrected chi connectivity index (χ1v) is 7.91. The predicted molar refractivity (Wildman–Crippen MR) is 94.1 cm³/mol. The van der Waals surface area contributed by atoms with Crippen molar-refractivity contribution in [2.45, 2.75) is 6.42 Å². The summed E-state index contributed by atoms with van der Waals surface area (Å²) in [7, 11) is 4.09. The molecule has 0 aliphatic rings. The van der Waals surface area contributed by atoms with Crippen molar-refractivity contribution in [3.63, 3.8) is 0 Å². The second kappa shape index (κ2) is 7.94. The highest BCUT2D eigenvalue weighted by Crippen LogP contribution is 2.17. The molecule has 0 unspecified atom stereocenters. The van der Waals surface area contributed by atoms with Crippen LogP contribution in [-0.4, -0.2) is 48.1 Å². The van der Waals surface area contributed by atoms with Crippen molar-refractivity contribution in [1.82, 2.24) is 9.55 Å². The zero-order valence-electron chi connectivity index (χ0n) is 13.5. The predicted octanol–water partition coefficient (Wildman–Crippen LogP) is -0.162. The largest absolute Gasteiger partial charge is 0.493 e. The van der Waals surface area contributed by atoms with E-state index in [1.165, 1.54) is 11.1 Å². The number of H-pyrrole nitrogens is 1. The van der Waals surface area contributed by atoms with Crippen molar-refractivity contribution in [1.29, 1.82) is 0 Å². The van der Waals surface area contributed by atoms with E-state index in [0.717, 1.165) is 17.5 Å². The van der Waals surface area contributed by atoms with E-state index in [9.17, 15) is 14.7 Å². The second-order valence-corrected chi connectivity index (χ2v) is 6.09. The molecule has 0 fully saturated rings. The zero-order valence-corrected chi connectivity index (χ0v) is 14.3. The molecule has 2 aromatic rings. The average Bonchev–Trinajstić information content (AvgIpc) is 2.51. The number of halogens is 1. The van der Waals surface area contributed by atoms with E-state index in [2.05, 4.69) is 9.98 Å². The van der Waals surface area contributed by atoms with Gasteiger partial charge in [-0.3, -0.25) is 14.8 Å². The highest BCUT2D eigenvalue weighted by Gasteiger charge is 2.14. The molecule has 0 bridgehead atoms. The second-order valence-electron chi connectivity index (χ2n) is 5.65. The molecule has 1 aromatic heterocycles. The van der Waals surface area contributed by atoms with Crippen molar-refractivity contribution >= 4 is 17.8 Å². The highest BCUT2D eigenvalue weighted by atomic mass is 35.5. The van der Waals surface area contributed by atoms with Crippen LogP contribution in [0.15, 0.2) is 38.8 Å². The van der Waals surface area contributed by atoms with E-state index in [0.29, 0.717) is 17.3 Å². The summed E-state index contributed by atoms with van der Waals surface area (Å²) in [5.74, 6) is -0.451. The van der Waals surface area contributed by atoms with E-state index < -0.39 is 17.1 Å². The molecule has 2 rings (SSSR count). The minimum Gasteiger partial charge on any atom is -0.493 e. The third-order valence-corrected chi connectivity index (χ3v) is 3.64. The lowest BCUT2D eigenvalue weighted by atomic mass is 10.3. The fraction of sp³-hybridized carbons (Fsp3) is 0.312. The number of nitrogens with one attached hydrogen (secondary N) is 2. The van der Waals surface area contributed by atoms with Crippen molar-refractivity contribution in [3.8, 4) is 11.6 Å².